The number of nitrogens with one attached hydrogen (secondary N) is 1. The number of rotatable bonds is 6. The first-order valence-corrected chi connectivity index (χ1v) is 11.6. The second-order valence-corrected chi connectivity index (χ2v) is 10.4. The average molecular weight is 521 g/mol. The normalized spacial score (nSPS) is 18.1. The summed E-state index contributed by atoms with van der Waals surface area (Å²) >= 11 is 0. The van der Waals surface area contributed by atoms with E-state index < -0.39 is 40.6 Å². The van der Waals surface area contributed by atoms with Gasteiger partial charge in [0.05, 0.1) is 53.3 Å². The van der Waals surface area contributed by atoms with Crippen LogP contribution in [0.15, 0.2) is 52.3 Å². The molecule has 3 heterocycles. The van der Waals surface area contributed by atoms with Crippen molar-refractivity contribution in [3.63, 3.8) is 0 Å². The van der Waals surface area contributed by atoms with E-state index >= 15 is 0 Å². The van der Waals surface area contributed by atoms with E-state index in [1.807, 2.05) is 13.8 Å². The van der Waals surface area contributed by atoms with Gasteiger partial charge in [0, 0.05) is 17.3 Å². The van der Waals surface area contributed by atoms with Crippen molar-refractivity contribution >= 4 is 17.5 Å². The summed E-state index contributed by atoms with van der Waals surface area (Å²) < 4.78 is 55.7. The van der Waals surface area contributed by atoms with Crippen LogP contribution in [0.4, 0.5) is 17.6 Å². The number of aromatic nitrogens is 2. The number of amidine groups is 1. The van der Waals surface area contributed by atoms with Gasteiger partial charge in [-0.1, -0.05) is 12.1 Å². The topological polar surface area (TPSA) is 95.1 Å². The Morgan fingerprint density at radius 3 is 2.62 bits per heavy atom. The highest BCUT2D eigenvalue weighted by Gasteiger charge is 2.41. The number of allylic oxidation sites excluding steroid dienone is 1. The van der Waals surface area contributed by atoms with Crippen LogP contribution >= 0.6 is 0 Å². The van der Waals surface area contributed by atoms with Crippen LogP contribution in [0, 0.1) is 5.82 Å². The maximum atomic E-state index is 14.7. The van der Waals surface area contributed by atoms with Crippen LogP contribution in [-0.4, -0.2) is 55.0 Å². The lowest BCUT2D eigenvalue weighted by Gasteiger charge is -2.32. The predicted molar refractivity (Wildman–Crippen MR) is 129 cm³/mol. The van der Waals surface area contributed by atoms with E-state index in [1.165, 1.54) is 19.1 Å². The molecule has 1 aromatic carbocycles. The molecule has 2 N–H and O–H groups in total. The second-order valence-electron chi connectivity index (χ2n) is 10.4. The molecule has 2 aromatic rings. The number of alkyl halides is 3. The van der Waals surface area contributed by atoms with E-state index in [-0.39, 0.29) is 17.7 Å². The fourth-order valence-electron chi connectivity index (χ4n) is 4.15. The first kappa shape index (κ1) is 26.5. The lowest BCUT2D eigenvalue weighted by molar-refractivity contribution is -0.140. The molecular formula is C25H28F4N6O2. The van der Waals surface area contributed by atoms with Crippen LogP contribution in [0.1, 0.15) is 57.4 Å². The van der Waals surface area contributed by atoms with E-state index in [1.54, 1.807) is 35.9 Å². The van der Waals surface area contributed by atoms with Crippen molar-refractivity contribution in [2.45, 2.75) is 64.5 Å². The monoisotopic (exact) mass is 520 g/mol. The number of halogens is 4. The summed E-state index contributed by atoms with van der Waals surface area (Å²) in [5.41, 5.74) is -2.07. The summed E-state index contributed by atoms with van der Waals surface area (Å²) in [6.07, 6.45) is -0.0920. The number of aliphatic imine (C=N–C) groups is 1. The Kier molecular flexibility index (Phi) is 6.51. The van der Waals surface area contributed by atoms with Crippen molar-refractivity contribution in [1.82, 2.24) is 20.1 Å². The summed E-state index contributed by atoms with van der Waals surface area (Å²) in [5, 5.41) is 23.2. The zero-order valence-electron chi connectivity index (χ0n) is 21.1. The molecule has 0 unspecified atom stereocenters. The molecule has 0 spiro atoms. The zero-order chi connectivity index (χ0) is 27.3. The maximum Gasteiger partial charge on any atom is 0.419 e. The fraction of sp³-hybridized carbons (Fsp3) is 0.440. The summed E-state index contributed by atoms with van der Waals surface area (Å²) in [6, 6.07) is 1.91. The van der Waals surface area contributed by atoms with Crippen LogP contribution in [0.2, 0.25) is 0 Å². The molecule has 0 saturated heterocycles. The van der Waals surface area contributed by atoms with Crippen molar-refractivity contribution in [1.29, 1.82) is 0 Å². The molecule has 0 aliphatic carbocycles. The molecule has 8 nitrogen and oxygen atoms in total. The van der Waals surface area contributed by atoms with Crippen molar-refractivity contribution in [3.05, 3.63) is 64.7 Å². The molecule has 4 rings (SSSR count). The number of amides is 1. The fourth-order valence-corrected chi connectivity index (χ4v) is 4.15. The molecule has 2 aliphatic rings. The first-order valence-electron chi connectivity index (χ1n) is 11.6. The number of nitrogens with zero attached hydrogens (tertiary/aromatic N) is 5. The van der Waals surface area contributed by atoms with Crippen LogP contribution in [0.3, 0.4) is 0 Å². The van der Waals surface area contributed by atoms with Gasteiger partial charge in [-0.3, -0.25) is 14.5 Å². The van der Waals surface area contributed by atoms with Crippen LogP contribution in [0.5, 0.6) is 0 Å². The number of hydrogen-bond acceptors (Lipinski definition) is 6. The Morgan fingerprint density at radius 1 is 1.27 bits per heavy atom. The van der Waals surface area contributed by atoms with Crippen molar-refractivity contribution in [3.8, 4) is 0 Å². The Balaban J connectivity index is 1.65. The standard InChI is InChI=1S/C25H28F4N6O2/c1-14(16-7-6-8-18(20(16)26)25(27,28)29)32-22(36)17-9-19(33-35-21(17)30-12-23(35,2)3)15-10-31-34(11-15)13-24(4,5)37/h6-11,14,37H,12-13H2,1-5H3,(H,32,36)/t14-/m1/s1. The van der Waals surface area contributed by atoms with Gasteiger partial charge in [0.25, 0.3) is 5.91 Å². The van der Waals surface area contributed by atoms with Gasteiger partial charge in [-0.05, 0) is 46.8 Å². The Morgan fingerprint density at radius 2 is 1.97 bits per heavy atom. The van der Waals surface area contributed by atoms with E-state index in [2.05, 4.69) is 20.5 Å². The van der Waals surface area contributed by atoms with Crippen molar-refractivity contribution in [2.75, 3.05) is 6.54 Å². The van der Waals surface area contributed by atoms with Crippen LogP contribution in [0.25, 0.3) is 0 Å². The minimum Gasteiger partial charge on any atom is -0.389 e. The summed E-state index contributed by atoms with van der Waals surface area (Å²) in [4.78, 5) is 17.8. The minimum atomic E-state index is -4.86. The Labute approximate surface area is 211 Å². The lowest BCUT2D eigenvalue weighted by Crippen LogP contribution is -2.46. The molecule has 12 heteroatoms. The highest BCUT2D eigenvalue weighted by molar-refractivity contribution is 6.28. The quantitative estimate of drug-likeness (QED) is 0.566. The number of aliphatic hydroxyl groups is 1. The molecule has 2 aliphatic heterocycles. The lowest BCUT2D eigenvalue weighted by atomic mass is 10.0. The molecule has 0 bridgehead atoms. The molecule has 1 aromatic heterocycles. The Bertz CT molecular complexity index is 1320. The summed E-state index contributed by atoms with van der Waals surface area (Å²) in [7, 11) is 0. The third kappa shape index (κ3) is 5.43. The first-order chi connectivity index (χ1) is 17.1. The highest BCUT2D eigenvalue weighted by Crippen LogP contribution is 2.34. The third-order valence-corrected chi connectivity index (χ3v) is 5.99. The molecule has 1 amide bonds. The van der Waals surface area contributed by atoms with Gasteiger partial charge < -0.3 is 10.4 Å². The minimum absolute atomic E-state index is 0.144. The molecule has 0 radical (unpaired) electrons. The number of fused-ring (bicyclic) bond motifs is 1. The predicted octanol–water partition coefficient (Wildman–Crippen LogP) is 3.83. The van der Waals surface area contributed by atoms with Crippen molar-refractivity contribution < 1.29 is 27.5 Å². The zero-order valence-corrected chi connectivity index (χ0v) is 21.1. The molecular weight excluding hydrogens is 492 g/mol. The van der Waals surface area contributed by atoms with E-state index in [9.17, 15) is 27.5 Å². The van der Waals surface area contributed by atoms with Gasteiger partial charge in [0.1, 0.15) is 5.82 Å². The van der Waals surface area contributed by atoms with Crippen LogP contribution < -0.4 is 5.32 Å². The second kappa shape index (κ2) is 9.09. The average Bonchev–Trinajstić information content (AvgIpc) is 3.35. The third-order valence-electron chi connectivity index (χ3n) is 5.99. The van der Waals surface area contributed by atoms with E-state index in [0.29, 0.717) is 29.7 Å². The van der Waals surface area contributed by atoms with Gasteiger partial charge in [-0.2, -0.15) is 23.4 Å². The van der Waals surface area contributed by atoms with E-state index in [4.69, 9.17) is 0 Å². The Hall–Kier alpha value is -3.54. The van der Waals surface area contributed by atoms with Gasteiger partial charge in [0.15, 0.2) is 5.84 Å². The van der Waals surface area contributed by atoms with Gasteiger partial charge in [-0.15, -0.1) is 0 Å². The molecule has 1 atom stereocenters. The van der Waals surface area contributed by atoms with Crippen molar-refractivity contribution in [2.24, 2.45) is 10.1 Å². The number of carbonyl (C=O) groups excluding carboxylic acids is 1. The van der Waals surface area contributed by atoms with Gasteiger partial charge in [-0.25, -0.2) is 9.40 Å². The molecule has 198 valence electrons. The largest absolute Gasteiger partial charge is 0.419 e. The summed E-state index contributed by atoms with van der Waals surface area (Å²) in [5.74, 6) is -1.75. The van der Waals surface area contributed by atoms with Gasteiger partial charge in [0.2, 0.25) is 0 Å². The molecule has 0 fully saturated rings. The highest BCUT2D eigenvalue weighted by atomic mass is 19.4. The smallest absolute Gasteiger partial charge is 0.389 e. The number of hydrogen-bond donors (Lipinski definition) is 2. The SMILES string of the molecule is C[C@@H](NC(=O)C1=CC(c2cnn(CC(C)(C)O)c2)=NN2C1=NCC2(C)C)c1cccc(C(F)(F)F)c1F. The van der Waals surface area contributed by atoms with E-state index in [0.717, 1.165) is 6.07 Å². The summed E-state index contributed by atoms with van der Waals surface area (Å²) in [6.45, 7) is 9.12. The number of hydrazone groups is 1. The molecule has 0 saturated carbocycles. The molecule has 37 heavy (non-hydrogen) atoms. The van der Waals surface area contributed by atoms with Gasteiger partial charge >= 0.3 is 6.18 Å². The number of carbonyl (C=O) groups is 1. The number of benzene rings is 1. The maximum absolute atomic E-state index is 14.7. The van der Waals surface area contributed by atoms with Crippen LogP contribution in [-0.2, 0) is 17.5 Å².